The second-order valence-corrected chi connectivity index (χ2v) is 3.13. The van der Waals surface area contributed by atoms with Gasteiger partial charge in [-0.25, -0.2) is 4.98 Å². The van der Waals surface area contributed by atoms with Crippen molar-refractivity contribution in [1.29, 1.82) is 0 Å². The monoisotopic (exact) mass is 190 g/mol. The van der Waals surface area contributed by atoms with Crippen LogP contribution in [0.1, 0.15) is 5.56 Å². The van der Waals surface area contributed by atoms with Gasteiger partial charge in [-0.05, 0) is 17.7 Å². The molecule has 2 rings (SSSR count). The van der Waals surface area contributed by atoms with Gasteiger partial charge in [0, 0.05) is 5.75 Å². The molecule has 13 heavy (non-hydrogen) atoms. The van der Waals surface area contributed by atoms with Crippen molar-refractivity contribution in [2.24, 2.45) is 0 Å². The molecule has 0 aliphatic heterocycles. The fourth-order valence-electron chi connectivity index (χ4n) is 1.25. The second-order valence-electron chi connectivity index (χ2n) is 2.76. The first-order valence-corrected chi connectivity index (χ1v) is 4.74. The molecule has 66 valence electrons. The molecule has 0 unspecified atom stereocenters. The van der Waals surface area contributed by atoms with Crippen molar-refractivity contribution in [1.82, 2.24) is 9.97 Å². The SMILES string of the molecule is SCC=Cc1ccc2nc[nH]c2c1. The molecule has 0 amide bonds. The number of aromatic amines is 1. The van der Waals surface area contributed by atoms with E-state index in [1.807, 2.05) is 24.3 Å². The molecule has 1 aromatic carbocycles. The highest BCUT2D eigenvalue weighted by Crippen LogP contribution is 2.12. The molecule has 2 aromatic rings. The highest BCUT2D eigenvalue weighted by molar-refractivity contribution is 7.80. The molecule has 0 saturated carbocycles. The minimum atomic E-state index is 0.765. The highest BCUT2D eigenvalue weighted by atomic mass is 32.1. The zero-order valence-corrected chi connectivity index (χ0v) is 7.96. The highest BCUT2D eigenvalue weighted by Gasteiger charge is 1.94. The molecule has 0 aliphatic rings. The summed E-state index contributed by atoms with van der Waals surface area (Å²) >= 11 is 4.11. The standard InChI is InChI=1S/C10H10N2S/c13-5-1-2-8-3-4-9-10(6-8)12-7-11-9/h1-4,6-7,13H,5H2,(H,11,12). The molecule has 0 atom stereocenters. The molecular weight excluding hydrogens is 180 g/mol. The molecule has 0 aliphatic carbocycles. The first kappa shape index (κ1) is 8.38. The number of aromatic nitrogens is 2. The molecule has 1 N–H and O–H groups in total. The van der Waals surface area contributed by atoms with Crippen molar-refractivity contribution in [2.75, 3.05) is 5.75 Å². The number of thiol groups is 1. The Kier molecular flexibility index (Phi) is 2.36. The van der Waals surface area contributed by atoms with Crippen LogP contribution in [0, 0.1) is 0 Å². The predicted octanol–water partition coefficient (Wildman–Crippen LogP) is 2.51. The summed E-state index contributed by atoms with van der Waals surface area (Å²) in [4.78, 5) is 7.22. The lowest BCUT2D eigenvalue weighted by Gasteiger charge is -1.92. The van der Waals surface area contributed by atoms with Crippen LogP contribution in [0.3, 0.4) is 0 Å². The normalized spacial score (nSPS) is 11.5. The minimum absolute atomic E-state index is 0.765. The Morgan fingerprint density at radius 2 is 2.38 bits per heavy atom. The number of fused-ring (bicyclic) bond motifs is 1. The number of rotatable bonds is 2. The molecule has 0 saturated heterocycles. The third-order valence-corrected chi connectivity index (χ3v) is 2.07. The van der Waals surface area contributed by atoms with E-state index in [2.05, 4.69) is 28.7 Å². The molecule has 0 spiro atoms. The predicted molar refractivity (Wildman–Crippen MR) is 59.0 cm³/mol. The van der Waals surface area contributed by atoms with Crippen molar-refractivity contribution < 1.29 is 0 Å². The summed E-state index contributed by atoms with van der Waals surface area (Å²) in [6.45, 7) is 0. The Hall–Kier alpha value is -1.22. The number of nitrogens with zero attached hydrogens (tertiary/aromatic N) is 1. The maximum atomic E-state index is 4.15. The Morgan fingerprint density at radius 3 is 3.23 bits per heavy atom. The average Bonchev–Trinajstić information content (AvgIpc) is 2.61. The summed E-state index contributed by atoms with van der Waals surface area (Å²) in [6, 6.07) is 6.12. The van der Waals surface area contributed by atoms with E-state index in [0.29, 0.717) is 0 Å². The van der Waals surface area contributed by atoms with Gasteiger partial charge in [-0.1, -0.05) is 18.2 Å². The quantitative estimate of drug-likeness (QED) is 0.700. The fourth-order valence-corrected chi connectivity index (χ4v) is 1.35. The molecule has 0 bridgehead atoms. The van der Waals surface area contributed by atoms with Crippen molar-refractivity contribution in [2.45, 2.75) is 0 Å². The van der Waals surface area contributed by atoms with Crippen LogP contribution in [0.2, 0.25) is 0 Å². The van der Waals surface area contributed by atoms with Gasteiger partial charge in [-0.2, -0.15) is 12.6 Å². The lowest BCUT2D eigenvalue weighted by atomic mass is 10.2. The summed E-state index contributed by atoms with van der Waals surface area (Å²) < 4.78 is 0. The van der Waals surface area contributed by atoms with Crippen LogP contribution >= 0.6 is 12.6 Å². The molecule has 0 fully saturated rings. The number of hydrogen-bond donors (Lipinski definition) is 2. The summed E-state index contributed by atoms with van der Waals surface area (Å²) in [5, 5.41) is 0. The van der Waals surface area contributed by atoms with E-state index in [1.54, 1.807) is 6.33 Å². The zero-order valence-electron chi connectivity index (χ0n) is 7.07. The molecule has 1 aromatic heterocycles. The van der Waals surface area contributed by atoms with Crippen LogP contribution < -0.4 is 0 Å². The summed E-state index contributed by atoms with van der Waals surface area (Å²) in [6.07, 6.45) is 5.77. The molecule has 2 nitrogen and oxygen atoms in total. The maximum absolute atomic E-state index is 4.15. The number of hydrogen-bond acceptors (Lipinski definition) is 2. The van der Waals surface area contributed by atoms with E-state index in [-0.39, 0.29) is 0 Å². The summed E-state index contributed by atoms with van der Waals surface area (Å²) in [5.74, 6) is 0.765. The molecular formula is C10H10N2S. The maximum Gasteiger partial charge on any atom is 0.0931 e. The van der Waals surface area contributed by atoms with Gasteiger partial charge in [0.05, 0.1) is 17.4 Å². The topological polar surface area (TPSA) is 28.7 Å². The van der Waals surface area contributed by atoms with Crippen molar-refractivity contribution in [3.05, 3.63) is 36.2 Å². The van der Waals surface area contributed by atoms with Crippen molar-refractivity contribution >= 4 is 29.7 Å². The number of H-pyrrole nitrogens is 1. The van der Waals surface area contributed by atoms with Gasteiger partial charge in [0.2, 0.25) is 0 Å². The molecule has 3 heteroatoms. The first-order chi connectivity index (χ1) is 6.40. The average molecular weight is 190 g/mol. The lowest BCUT2D eigenvalue weighted by Crippen LogP contribution is -1.73. The first-order valence-electron chi connectivity index (χ1n) is 4.10. The lowest BCUT2D eigenvalue weighted by molar-refractivity contribution is 1.34. The minimum Gasteiger partial charge on any atom is -0.345 e. The fraction of sp³-hybridized carbons (Fsp3) is 0.100. The number of benzene rings is 1. The van der Waals surface area contributed by atoms with Crippen LogP contribution in [-0.4, -0.2) is 15.7 Å². The van der Waals surface area contributed by atoms with E-state index in [4.69, 9.17) is 0 Å². The Balaban J connectivity index is 2.42. The molecule has 0 radical (unpaired) electrons. The van der Waals surface area contributed by atoms with Crippen LogP contribution in [0.25, 0.3) is 17.1 Å². The van der Waals surface area contributed by atoms with Gasteiger partial charge >= 0.3 is 0 Å². The molecule has 1 heterocycles. The largest absolute Gasteiger partial charge is 0.345 e. The Labute approximate surface area is 82.1 Å². The van der Waals surface area contributed by atoms with E-state index in [0.717, 1.165) is 16.8 Å². The summed E-state index contributed by atoms with van der Waals surface area (Å²) in [7, 11) is 0. The van der Waals surface area contributed by atoms with Gasteiger partial charge in [0.1, 0.15) is 0 Å². The van der Waals surface area contributed by atoms with Gasteiger partial charge in [-0.15, -0.1) is 0 Å². The van der Waals surface area contributed by atoms with Crippen molar-refractivity contribution in [3.8, 4) is 0 Å². The third kappa shape index (κ3) is 1.75. The second kappa shape index (κ2) is 3.66. The van der Waals surface area contributed by atoms with E-state index in [9.17, 15) is 0 Å². The van der Waals surface area contributed by atoms with Crippen LogP contribution in [0.5, 0.6) is 0 Å². The zero-order chi connectivity index (χ0) is 9.10. The number of imidazole rings is 1. The van der Waals surface area contributed by atoms with Gasteiger partial charge < -0.3 is 4.98 Å². The Morgan fingerprint density at radius 1 is 1.46 bits per heavy atom. The van der Waals surface area contributed by atoms with Crippen LogP contribution in [0.4, 0.5) is 0 Å². The van der Waals surface area contributed by atoms with E-state index < -0.39 is 0 Å². The summed E-state index contributed by atoms with van der Waals surface area (Å²) in [5.41, 5.74) is 3.25. The van der Waals surface area contributed by atoms with Crippen LogP contribution in [0.15, 0.2) is 30.6 Å². The van der Waals surface area contributed by atoms with Gasteiger partial charge in [-0.3, -0.25) is 0 Å². The van der Waals surface area contributed by atoms with Crippen molar-refractivity contribution in [3.63, 3.8) is 0 Å². The van der Waals surface area contributed by atoms with Crippen LogP contribution in [-0.2, 0) is 0 Å². The third-order valence-electron chi connectivity index (χ3n) is 1.86. The smallest absolute Gasteiger partial charge is 0.0931 e. The van der Waals surface area contributed by atoms with Gasteiger partial charge in [0.15, 0.2) is 0 Å². The van der Waals surface area contributed by atoms with E-state index >= 15 is 0 Å². The number of nitrogens with one attached hydrogen (secondary N) is 1. The van der Waals surface area contributed by atoms with Gasteiger partial charge in [0.25, 0.3) is 0 Å². The van der Waals surface area contributed by atoms with E-state index in [1.165, 1.54) is 5.56 Å². The Bertz CT molecular complexity index is 431.